The molecule has 4 rings (SSSR count). The Morgan fingerprint density at radius 1 is 1.10 bits per heavy atom. The highest BCUT2D eigenvalue weighted by Gasteiger charge is 2.44. The molecule has 2 fully saturated rings. The Balaban J connectivity index is 1.62. The SMILES string of the molecule is CCCOCCN1C(=O)C(C)(C)Oc2ccc(N(C(=O)[C@@H]3C[C@H](C(C)=O)CN(C(=O)OC(C)(C)C)C3)C3CC3)cc21. The lowest BCUT2D eigenvalue weighted by Crippen LogP contribution is -2.53. The molecule has 1 saturated carbocycles. The van der Waals surface area contributed by atoms with Crippen LogP contribution in [0.4, 0.5) is 16.2 Å². The van der Waals surface area contributed by atoms with Gasteiger partial charge in [-0.2, -0.15) is 0 Å². The summed E-state index contributed by atoms with van der Waals surface area (Å²) in [6.45, 7) is 14.2. The van der Waals surface area contributed by atoms with Crippen molar-refractivity contribution in [3.05, 3.63) is 18.2 Å². The van der Waals surface area contributed by atoms with Gasteiger partial charge in [-0.1, -0.05) is 6.92 Å². The average Bonchev–Trinajstić information content (AvgIpc) is 3.72. The van der Waals surface area contributed by atoms with Gasteiger partial charge >= 0.3 is 6.09 Å². The highest BCUT2D eigenvalue weighted by Crippen LogP contribution is 2.43. The third-order valence-electron chi connectivity index (χ3n) is 7.62. The van der Waals surface area contributed by atoms with E-state index < -0.39 is 29.1 Å². The molecule has 3 amide bonds. The molecule has 2 atom stereocenters. The van der Waals surface area contributed by atoms with Crippen molar-refractivity contribution in [3.63, 3.8) is 0 Å². The first-order chi connectivity index (χ1) is 19.2. The Hall–Kier alpha value is -3.14. The number of nitrogens with zero attached hydrogens (tertiary/aromatic N) is 3. The lowest BCUT2D eigenvalue weighted by molar-refractivity contribution is -0.133. The van der Waals surface area contributed by atoms with Crippen LogP contribution in [0.25, 0.3) is 0 Å². The van der Waals surface area contributed by atoms with E-state index in [2.05, 4.69) is 0 Å². The molecule has 1 saturated heterocycles. The van der Waals surface area contributed by atoms with Gasteiger partial charge in [0.05, 0.1) is 18.2 Å². The zero-order chi connectivity index (χ0) is 30.1. The highest BCUT2D eigenvalue weighted by molar-refractivity contribution is 6.04. The molecule has 0 N–H and O–H groups in total. The zero-order valence-electron chi connectivity index (χ0n) is 25.5. The van der Waals surface area contributed by atoms with Crippen LogP contribution in [0.3, 0.4) is 0 Å². The Labute approximate surface area is 243 Å². The van der Waals surface area contributed by atoms with Crippen molar-refractivity contribution in [2.24, 2.45) is 11.8 Å². The van der Waals surface area contributed by atoms with Crippen molar-refractivity contribution in [3.8, 4) is 5.75 Å². The molecule has 2 aliphatic heterocycles. The molecule has 0 bridgehead atoms. The number of piperidine rings is 1. The van der Waals surface area contributed by atoms with Crippen molar-refractivity contribution >= 4 is 35.1 Å². The number of amides is 3. The van der Waals surface area contributed by atoms with Crippen LogP contribution in [0.15, 0.2) is 18.2 Å². The number of rotatable bonds is 9. The van der Waals surface area contributed by atoms with E-state index in [0.717, 1.165) is 19.3 Å². The molecular formula is C31H45N3O7. The number of Topliss-reactive ketones (excluding diaryl/α,β-unsaturated/α-hetero) is 1. The number of hydrogen-bond donors (Lipinski definition) is 0. The molecule has 10 heteroatoms. The van der Waals surface area contributed by atoms with E-state index in [1.807, 2.05) is 25.1 Å². The van der Waals surface area contributed by atoms with E-state index in [0.29, 0.717) is 43.3 Å². The van der Waals surface area contributed by atoms with E-state index in [4.69, 9.17) is 14.2 Å². The van der Waals surface area contributed by atoms with Gasteiger partial charge in [0.1, 0.15) is 17.1 Å². The number of fused-ring (bicyclic) bond motifs is 1. The molecule has 2 heterocycles. The fourth-order valence-corrected chi connectivity index (χ4v) is 5.43. The lowest BCUT2D eigenvalue weighted by atomic mass is 9.86. The van der Waals surface area contributed by atoms with Gasteiger partial charge in [0.2, 0.25) is 5.91 Å². The summed E-state index contributed by atoms with van der Waals surface area (Å²) in [5, 5.41) is 0. The second-order valence-electron chi connectivity index (χ2n) is 12.9. The maximum atomic E-state index is 14.2. The number of carbonyl (C=O) groups excluding carboxylic acids is 4. The molecule has 0 unspecified atom stereocenters. The molecule has 1 aromatic rings. The Bertz CT molecular complexity index is 1170. The maximum Gasteiger partial charge on any atom is 0.410 e. The molecule has 10 nitrogen and oxygen atoms in total. The van der Waals surface area contributed by atoms with Crippen molar-refractivity contribution < 1.29 is 33.4 Å². The van der Waals surface area contributed by atoms with Crippen molar-refractivity contribution in [1.82, 2.24) is 4.90 Å². The fourth-order valence-electron chi connectivity index (χ4n) is 5.43. The topological polar surface area (TPSA) is 106 Å². The van der Waals surface area contributed by atoms with E-state index in [1.165, 1.54) is 11.8 Å². The van der Waals surface area contributed by atoms with Crippen LogP contribution in [-0.4, -0.2) is 78.7 Å². The predicted octanol–water partition coefficient (Wildman–Crippen LogP) is 4.57. The summed E-state index contributed by atoms with van der Waals surface area (Å²) in [7, 11) is 0. The predicted molar refractivity (Wildman–Crippen MR) is 155 cm³/mol. The van der Waals surface area contributed by atoms with Crippen LogP contribution in [0, 0.1) is 11.8 Å². The first kappa shape index (κ1) is 30.8. The maximum absolute atomic E-state index is 14.2. The number of ketones is 1. The van der Waals surface area contributed by atoms with Gasteiger partial charge in [-0.25, -0.2) is 4.79 Å². The molecule has 0 aromatic heterocycles. The molecular weight excluding hydrogens is 526 g/mol. The van der Waals surface area contributed by atoms with Gasteiger partial charge in [0.15, 0.2) is 5.60 Å². The minimum Gasteiger partial charge on any atom is -0.476 e. The number of carbonyl (C=O) groups is 4. The van der Waals surface area contributed by atoms with Gasteiger partial charge in [-0.15, -0.1) is 0 Å². The fraction of sp³-hybridized carbons (Fsp3) is 0.677. The standard InChI is InChI=1S/C31H45N3O7/c1-8-14-39-15-13-33-25-17-24(11-12-26(25)40-31(6,7)28(33)37)34(23-9-10-23)27(36)22-16-21(20(2)35)18-32(19-22)29(38)41-30(3,4)5/h11-12,17,21-23H,8-10,13-16,18-19H2,1-7H3/t21-,22+/m0/s1. The van der Waals surface area contributed by atoms with Crippen LogP contribution in [0.5, 0.6) is 5.75 Å². The van der Waals surface area contributed by atoms with Crippen LogP contribution < -0.4 is 14.5 Å². The first-order valence-corrected chi connectivity index (χ1v) is 14.8. The monoisotopic (exact) mass is 571 g/mol. The third kappa shape index (κ3) is 7.20. The molecule has 1 aromatic carbocycles. The summed E-state index contributed by atoms with van der Waals surface area (Å²) >= 11 is 0. The molecule has 3 aliphatic rings. The molecule has 0 radical (unpaired) electrons. The Kier molecular flexibility index (Phi) is 9.01. The van der Waals surface area contributed by atoms with Gasteiger partial charge < -0.3 is 28.9 Å². The van der Waals surface area contributed by atoms with Crippen molar-refractivity contribution in [2.75, 3.05) is 42.6 Å². The van der Waals surface area contributed by atoms with E-state index >= 15 is 0 Å². The number of benzene rings is 1. The number of ether oxygens (including phenoxy) is 3. The quantitative estimate of drug-likeness (QED) is 0.400. The van der Waals surface area contributed by atoms with E-state index in [-0.39, 0.29) is 36.7 Å². The van der Waals surface area contributed by atoms with Crippen LogP contribution in [-0.2, 0) is 23.9 Å². The average molecular weight is 572 g/mol. The summed E-state index contributed by atoms with van der Waals surface area (Å²) in [6, 6.07) is 5.53. The first-order valence-electron chi connectivity index (χ1n) is 14.8. The van der Waals surface area contributed by atoms with Gasteiger partial charge in [-0.05, 0) is 85.4 Å². The molecule has 0 spiro atoms. The normalized spacial score (nSPS) is 22.1. The second-order valence-corrected chi connectivity index (χ2v) is 12.9. The Morgan fingerprint density at radius 2 is 1.78 bits per heavy atom. The zero-order valence-corrected chi connectivity index (χ0v) is 25.5. The molecule has 41 heavy (non-hydrogen) atoms. The summed E-state index contributed by atoms with van der Waals surface area (Å²) < 4.78 is 17.3. The van der Waals surface area contributed by atoms with Crippen LogP contribution in [0.1, 0.15) is 74.1 Å². The number of likely N-dealkylation sites (tertiary alicyclic amines) is 1. The molecule has 1 aliphatic carbocycles. The minimum atomic E-state index is -1.03. The molecule has 226 valence electrons. The minimum absolute atomic E-state index is 0.0196. The van der Waals surface area contributed by atoms with E-state index in [1.54, 1.807) is 44.4 Å². The smallest absolute Gasteiger partial charge is 0.410 e. The lowest BCUT2D eigenvalue weighted by Gasteiger charge is -2.40. The summed E-state index contributed by atoms with van der Waals surface area (Å²) in [6.07, 6.45) is 2.46. The van der Waals surface area contributed by atoms with Gasteiger partial charge in [0, 0.05) is 43.9 Å². The van der Waals surface area contributed by atoms with Crippen molar-refractivity contribution in [2.45, 2.75) is 91.4 Å². The highest BCUT2D eigenvalue weighted by atomic mass is 16.6. The number of hydrogen-bond acceptors (Lipinski definition) is 7. The Morgan fingerprint density at radius 3 is 2.39 bits per heavy atom. The van der Waals surface area contributed by atoms with E-state index in [9.17, 15) is 19.2 Å². The van der Waals surface area contributed by atoms with Crippen molar-refractivity contribution in [1.29, 1.82) is 0 Å². The van der Waals surface area contributed by atoms with Crippen LogP contribution >= 0.6 is 0 Å². The second kappa shape index (κ2) is 12.0. The summed E-state index contributed by atoms with van der Waals surface area (Å²) in [4.78, 5) is 57.9. The summed E-state index contributed by atoms with van der Waals surface area (Å²) in [5.74, 6) is -0.785. The van der Waals surface area contributed by atoms with Crippen LogP contribution in [0.2, 0.25) is 0 Å². The summed E-state index contributed by atoms with van der Waals surface area (Å²) in [5.41, 5.74) is -0.448. The largest absolute Gasteiger partial charge is 0.476 e. The van der Waals surface area contributed by atoms with Gasteiger partial charge in [0.25, 0.3) is 5.91 Å². The van der Waals surface area contributed by atoms with Gasteiger partial charge in [-0.3, -0.25) is 14.4 Å². The number of anilines is 2. The third-order valence-corrected chi connectivity index (χ3v) is 7.62.